The number of carbonyl (C=O) groups is 2. The van der Waals surface area contributed by atoms with Crippen LogP contribution in [-0.4, -0.2) is 23.5 Å². The highest BCUT2D eigenvalue weighted by molar-refractivity contribution is 6.44. The molecule has 0 saturated carbocycles. The largest absolute Gasteiger partial charge is 0.480 e. The van der Waals surface area contributed by atoms with Crippen LogP contribution in [0.3, 0.4) is 0 Å². The molecule has 1 aromatic carbocycles. The van der Waals surface area contributed by atoms with Gasteiger partial charge in [0, 0.05) is 6.42 Å². The summed E-state index contributed by atoms with van der Waals surface area (Å²) in [6.07, 6.45) is 3.68. The Morgan fingerprint density at radius 2 is 2.00 bits per heavy atom. The fraction of sp³-hybridized carbons (Fsp3) is 0.286. The van der Waals surface area contributed by atoms with Gasteiger partial charge in [-0.3, -0.25) is 4.79 Å². The molecule has 0 aliphatic heterocycles. The van der Waals surface area contributed by atoms with E-state index < -0.39 is 12.6 Å². The molecule has 106 valence electrons. The quantitative estimate of drug-likeness (QED) is 0.922. The smallest absolute Gasteiger partial charge is 0.341 e. The van der Waals surface area contributed by atoms with Gasteiger partial charge >= 0.3 is 5.97 Å². The number of allylic oxidation sites excluding steroid dienone is 2. The summed E-state index contributed by atoms with van der Waals surface area (Å²) in [5, 5.41) is 9.01. The van der Waals surface area contributed by atoms with E-state index in [1.54, 1.807) is 18.2 Å². The van der Waals surface area contributed by atoms with E-state index in [4.69, 9.17) is 33.0 Å². The molecule has 0 bridgehead atoms. The number of benzene rings is 1. The number of carboxylic acids is 1. The summed E-state index contributed by atoms with van der Waals surface area (Å²) in [4.78, 5) is 21.9. The van der Waals surface area contributed by atoms with E-state index in [9.17, 15) is 9.59 Å². The highest BCUT2D eigenvalue weighted by Gasteiger charge is 2.18. The minimum absolute atomic E-state index is 0.0737. The van der Waals surface area contributed by atoms with Gasteiger partial charge in [0.2, 0.25) is 0 Å². The number of carboxylic acid groups (broad SMARTS) is 1. The molecule has 6 heteroatoms. The lowest BCUT2D eigenvalue weighted by molar-refractivity contribution is -0.139. The average molecular weight is 315 g/mol. The first-order valence-corrected chi connectivity index (χ1v) is 6.81. The zero-order chi connectivity index (χ0) is 14.7. The second-order valence-corrected chi connectivity index (χ2v) is 5.17. The normalized spacial score (nSPS) is 14.9. The molecule has 1 N–H and O–H groups in total. The van der Waals surface area contributed by atoms with Gasteiger partial charge in [0.1, 0.15) is 10.8 Å². The van der Waals surface area contributed by atoms with Gasteiger partial charge in [-0.25, -0.2) is 4.79 Å². The van der Waals surface area contributed by atoms with Gasteiger partial charge < -0.3 is 9.84 Å². The van der Waals surface area contributed by atoms with Gasteiger partial charge in [-0.1, -0.05) is 23.2 Å². The molecule has 0 fully saturated rings. The van der Waals surface area contributed by atoms with Crippen LogP contribution in [-0.2, 0) is 9.59 Å². The van der Waals surface area contributed by atoms with E-state index in [2.05, 4.69) is 0 Å². The van der Waals surface area contributed by atoms with Crippen LogP contribution in [0.1, 0.15) is 24.8 Å². The van der Waals surface area contributed by atoms with Gasteiger partial charge in [0.15, 0.2) is 12.4 Å². The van der Waals surface area contributed by atoms with Crippen molar-refractivity contribution in [3.05, 3.63) is 33.8 Å². The molecule has 1 aliphatic carbocycles. The van der Waals surface area contributed by atoms with Crippen molar-refractivity contribution in [3.63, 3.8) is 0 Å². The standard InChI is InChI=1S/C14H12Cl2O4/c15-13-10(8-2-1-3-9(17)6-8)4-5-11(14(13)16)20-7-12(18)19/h4-6H,1-3,7H2,(H,18,19). The van der Waals surface area contributed by atoms with E-state index in [-0.39, 0.29) is 21.6 Å². The molecule has 20 heavy (non-hydrogen) atoms. The lowest BCUT2D eigenvalue weighted by Crippen LogP contribution is -2.10. The first kappa shape index (κ1) is 14.9. The van der Waals surface area contributed by atoms with Crippen LogP contribution in [0.2, 0.25) is 10.0 Å². The second kappa shape index (κ2) is 6.29. The third-order valence-corrected chi connectivity index (χ3v) is 3.81. The van der Waals surface area contributed by atoms with Crippen LogP contribution in [0.5, 0.6) is 5.75 Å². The Labute approximate surface area is 125 Å². The number of hydrogen-bond acceptors (Lipinski definition) is 3. The van der Waals surface area contributed by atoms with E-state index >= 15 is 0 Å². The van der Waals surface area contributed by atoms with Crippen molar-refractivity contribution in [2.45, 2.75) is 19.3 Å². The van der Waals surface area contributed by atoms with E-state index in [1.165, 1.54) is 0 Å². The molecule has 4 nitrogen and oxygen atoms in total. The monoisotopic (exact) mass is 314 g/mol. The third kappa shape index (κ3) is 3.32. The highest BCUT2D eigenvalue weighted by Crippen LogP contribution is 2.39. The summed E-state index contributed by atoms with van der Waals surface area (Å²) in [6.45, 7) is -0.490. The van der Waals surface area contributed by atoms with Crippen molar-refractivity contribution in [2.24, 2.45) is 0 Å². The Bertz CT molecular complexity index is 593. The van der Waals surface area contributed by atoms with Crippen molar-refractivity contribution >= 4 is 40.5 Å². The molecule has 0 amide bonds. The summed E-state index contributed by atoms with van der Waals surface area (Å²) in [5.41, 5.74) is 1.53. The maximum Gasteiger partial charge on any atom is 0.341 e. The third-order valence-electron chi connectivity index (χ3n) is 2.95. The topological polar surface area (TPSA) is 63.6 Å². The molecule has 0 unspecified atom stereocenters. The summed E-state index contributed by atoms with van der Waals surface area (Å²) in [6, 6.07) is 3.25. The van der Waals surface area contributed by atoms with Gasteiger partial charge in [0.05, 0.1) is 5.02 Å². The highest BCUT2D eigenvalue weighted by atomic mass is 35.5. The molecular formula is C14H12Cl2O4. The van der Waals surface area contributed by atoms with Crippen LogP contribution in [0, 0.1) is 0 Å². The Hall–Kier alpha value is -1.52. The van der Waals surface area contributed by atoms with Crippen LogP contribution in [0.4, 0.5) is 0 Å². The Morgan fingerprint density at radius 1 is 1.25 bits per heavy atom. The van der Waals surface area contributed by atoms with Gasteiger partial charge in [-0.15, -0.1) is 0 Å². The Kier molecular flexibility index (Phi) is 4.68. The first-order valence-electron chi connectivity index (χ1n) is 6.05. The average Bonchev–Trinajstić information content (AvgIpc) is 2.40. The molecule has 1 aliphatic rings. The predicted molar refractivity (Wildman–Crippen MR) is 76.4 cm³/mol. The van der Waals surface area contributed by atoms with Crippen LogP contribution >= 0.6 is 23.2 Å². The van der Waals surface area contributed by atoms with E-state index in [0.717, 1.165) is 18.4 Å². The summed E-state index contributed by atoms with van der Waals surface area (Å²) >= 11 is 12.3. The number of hydrogen-bond donors (Lipinski definition) is 1. The van der Waals surface area contributed by atoms with E-state index in [0.29, 0.717) is 12.0 Å². The van der Waals surface area contributed by atoms with Crippen LogP contribution < -0.4 is 4.74 Å². The molecule has 0 aromatic heterocycles. The van der Waals surface area contributed by atoms with Gasteiger partial charge in [0.25, 0.3) is 0 Å². The summed E-state index contributed by atoms with van der Waals surface area (Å²) in [7, 11) is 0. The van der Waals surface area contributed by atoms with Crippen LogP contribution in [0.25, 0.3) is 5.57 Å². The Morgan fingerprint density at radius 3 is 2.65 bits per heavy atom. The maximum atomic E-state index is 11.4. The number of halogens is 2. The lowest BCUT2D eigenvalue weighted by atomic mass is 9.93. The van der Waals surface area contributed by atoms with Crippen molar-refractivity contribution in [3.8, 4) is 5.75 Å². The molecule has 0 atom stereocenters. The zero-order valence-electron chi connectivity index (χ0n) is 10.5. The van der Waals surface area contributed by atoms with E-state index in [1.807, 2.05) is 0 Å². The van der Waals surface area contributed by atoms with Crippen LogP contribution in [0.15, 0.2) is 18.2 Å². The summed E-state index contributed by atoms with van der Waals surface area (Å²) in [5.74, 6) is -0.808. The fourth-order valence-corrected chi connectivity index (χ4v) is 2.53. The number of ketones is 1. The fourth-order valence-electron chi connectivity index (χ4n) is 2.03. The lowest BCUT2D eigenvalue weighted by Gasteiger charge is -2.16. The number of rotatable bonds is 4. The second-order valence-electron chi connectivity index (χ2n) is 4.41. The molecule has 1 aromatic rings. The molecule has 2 rings (SSSR count). The minimum Gasteiger partial charge on any atom is -0.480 e. The molecule has 0 heterocycles. The van der Waals surface area contributed by atoms with Crippen molar-refractivity contribution < 1.29 is 19.4 Å². The molecular weight excluding hydrogens is 303 g/mol. The Balaban J connectivity index is 2.31. The SMILES string of the molecule is O=C(O)COc1ccc(C2=CC(=O)CCC2)c(Cl)c1Cl. The molecule has 0 saturated heterocycles. The number of aliphatic carboxylic acids is 1. The minimum atomic E-state index is -1.10. The van der Waals surface area contributed by atoms with Crippen molar-refractivity contribution in [1.82, 2.24) is 0 Å². The first-order chi connectivity index (χ1) is 9.49. The summed E-state index contributed by atoms with van der Waals surface area (Å²) < 4.78 is 5.04. The predicted octanol–water partition coefficient (Wildman–Crippen LogP) is 3.59. The number of carbonyl (C=O) groups excluding carboxylic acids is 1. The van der Waals surface area contributed by atoms with Crippen molar-refractivity contribution in [2.75, 3.05) is 6.61 Å². The molecule has 0 spiro atoms. The maximum absolute atomic E-state index is 11.4. The van der Waals surface area contributed by atoms with Gasteiger partial charge in [-0.05, 0) is 42.2 Å². The van der Waals surface area contributed by atoms with Gasteiger partial charge in [-0.2, -0.15) is 0 Å². The zero-order valence-corrected chi connectivity index (χ0v) is 12.0. The van der Waals surface area contributed by atoms with Crippen molar-refractivity contribution in [1.29, 1.82) is 0 Å². The number of ether oxygens (including phenoxy) is 1. The molecule has 0 radical (unpaired) electrons.